The van der Waals surface area contributed by atoms with E-state index in [9.17, 15) is 4.79 Å². The number of carbonyl (C=O) groups is 1. The highest BCUT2D eigenvalue weighted by atomic mass is 35.5. The molecule has 4 rings (SSSR count). The summed E-state index contributed by atoms with van der Waals surface area (Å²) >= 11 is 5.96. The third kappa shape index (κ3) is 4.10. The summed E-state index contributed by atoms with van der Waals surface area (Å²) in [7, 11) is 0. The van der Waals surface area contributed by atoms with Gasteiger partial charge in [0.2, 0.25) is 0 Å². The molecule has 0 saturated heterocycles. The smallest absolute Gasteiger partial charge is 0.414 e. The van der Waals surface area contributed by atoms with Crippen LogP contribution in [0.15, 0.2) is 48.8 Å². The van der Waals surface area contributed by atoms with Crippen LogP contribution in [0.1, 0.15) is 51.3 Å². The van der Waals surface area contributed by atoms with Gasteiger partial charge in [-0.1, -0.05) is 29.8 Å². The number of benzene rings is 1. The number of aromatic nitrogens is 1. The lowest BCUT2D eigenvalue weighted by Gasteiger charge is -2.29. The van der Waals surface area contributed by atoms with Crippen LogP contribution in [-0.2, 0) is 10.5 Å². The highest BCUT2D eigenvalue weighted by Crippen LogP contribution is 2.48. The van der Waals surface area contributed by atoms with Crippen molar-refractivity contribution in [1.82, 2.24) is 9.88 Å². The molecule has 0 N–H and O–H groups in total. The van der Waals surface area contributed by atoms with Gasteiger partial charge in [-0.05, 0) is 45.4 Å². The number of carbonyl (C=O) groups excluding carboxylic acids is 1. The van der Waals surface area contributed by atoms with E-state index >= 15 is 0 Å². The molecular weight excluding hydrogens is 404 g/mol. The van der Waals surface area contributed by atoms with Crippen LogP contribution in [0.5, 0.6) is 11.5 Å². The fraction of sp³-hybridized carbons (Fsp3) is 0.391. The number of allylic oxidation sites excluding steroid dienone is 1. The van der Waals surface area contributed by atoms with Gasteiger partial charge in [0, 0.05) is 37.3 Å². The molecule has 0 aliphatic carbocycles. The molecule has 2 aromatic rings. The van der Waals surface area contributed by atoms with Gasteiger partial charge in [-0.2, -0.15) is 0 Å². The van der Waals surface area contributed by atoms with E-state index < -0.39 is 11.4 Å². The second-order valence-electron chi connectivity index (χ2n) is 8.60. The summed E-state index contributed by atoms with van der Waals surface area (Å²) in [6.45, 7) is 7.99. The van der Waals surface area contributed by atoms with Crippen LogP contribution in [0.25, 0.3) is 0 Å². The average Bonchev–Trinajstić information content (AvgIpc) is 3.04. The first-order valence-corrected chi connectivity index (χ1v) is 10.3. The lowest BCUT2D eigenvalue weighted by molar-refractivity contribution is -0.0721. The van der Waals surface area contributed by atoms with E-state index in [1.807, 2.05) is 52.0 Å². The normalized spacial score (nSPS) is 22.8. The summed E-state index contributed by atoms with van der Waals surface area (Å²) in [4.78, 5) is 18.3. The maximum absolute atomic E-state index is 12.3. The number of fused-ring (bicyclic) bond motifs is 1. The Morgan fingerprint density at radius 1 is 1.27 bits per heavy atom. The first-order valence-electron chi connectivity index (χ1n) is 9.95. The third-order valence-corrected chi connectivity index (χ3v) is 5.23. The highest BCUT2D eigenvalue weighted by Gasteiger charge is 2.42. The number of ether oxygens (including phenoxy) is 3. The average molecular weight is 429 g/mol. The molecule has 3 heterocycles. The standard InChI is InChI=1S/C23H25ClN2O4/c1-22(2,3)30-21(27)26-12-10-15(11-13-26)17-6-5-7-18-20(17)29-23(4,28-18)19-9-8-16(24)14-25-19/h5-10,12,14-15H,11,13H2,1-4H3/t15?,23-/m0/s1. The number of amides is 1. The fourth-order valence-corrected chi connectivity index (χ4v) is 3.69. The maximum Gasteiger partial charge on any atom is 0.414 e. The molecule has 0 saturated carbocycles. The molecule has 1 aromatic carbocycles. The molecule has 2 aliphatic rings. The predicted octanol–water partition coefficient (Wildman–Crippen LogP) is 5.62. The number of halogens is 1. The monoisotopic (exact) mass is 428 g/mol. The lowest BCUT2D eigenvalue weighted by atomic mass is 9.92. The summed E-state index contributed by atoms with van der Waals surface area (Å²) in [5.41, 5.74) is 1.14. The maximum atomic E-state index is 12.3. The van der Waals surface area contributed by atoms with Crippen molar-refractivity contribution in [3.05, 3.63) is 65.1 Å². The second-order valence-corrected chi connectivity index (χ2v) is 9.03. The van der Waals surface area contributed by atoms with E-state index in [0.717, 1.165) is 12.0 Å². The minimum Gasteiger partial charge on any atom is -0.443 e. The first-order chi connectivity index (χ1) is 14.1. The molecule has 0 radical (unpaired) electrons. The van der Waals surface area contributed by atoms with E-state index in [-0.39, 0.29) is 12.0 Å². The van der Waals surface area contributed by atoms with Gasteiger partial charge in [0.15, 0.2) is 11.5 Å². The van der Waals surface area contributed by atoms with E-state index in [1.165, 1.54) is 0 Å². The van der Waals surface area contributed by atoms with Crippen molar-refractivity contribution in [2.75, 3.05) is 6.54 Å². The number of rotatable bonds is 2. The van der Waals surface area contributed by atoms with Gasteiger partial charge in [-0.3, -0.25) is 9.88 Å². The number of hydrogen-bond acceptors (Lipinski definition) is 5. The van der Waals surface area contributed by atoms with Crippen LogP contribution in [0.2, 0.25) is 5.02 Å². The molecule has 2 aliphatic heterocycles. The van der Waals surface area contributed by atoms with Gasteiger partial charge in [0.05, 0.1) is 5.02 Å². The lowest BCUT2D eigenvalue weighted by Crippen LogP contribution is -2.36. The Kier molecular flexibility index (Phi) is 5.14. The van der Waals surface area contributed by atoms with Gasteiger partial charge in [-0.25, -0.2) is 4.79 Å². The third-order valence-electron chi connectivity index (χ3n) is 5.01. The van der Waals surface area contributed by atoms with E-state index in [4.69, 9.17) is 25.8 Å². The second kappa shape index (κ2) is 7.51. The van der Waals surface area contributed by atoms with Gasteiger partial charge < -0.3 is 14.2 Å². The topological polar surface area (TPSA) is 60.9 Å². The predicted molar refractivity (Wildman–Crippen MR) is 114 cm³/mol. The number of nitrogens with zero attached hydrogens (tertiary/aromatic N) is 2. The largest absolute Gasteiger partial charge is 0.443 e. The van der Waals surface area contributed by atoms with Gasteiger partial charge in [-0.15, -0.1) is 0 Å². The summed E-state index contributed by atoms with van der Waals surface area (Å²) in [5, 5.41) is 0.556. The molecule has 2 atom stereocenters. The Balaban J connectivity index is 1.54. The molecule has 1 amide bonds. The van der Waals surface area contributed by atoms with Crippen molar-refractivity contribution in [3.63, 3.8) is 0 Å². The molecule has 0 fully saturated rings. The molecule has 7 heteroatoms. The van der Waals surface area contributed by atoms with Gasteiger partial charge in [0.1, 0.15) is 11.3 Å². The van der Waals surface area contributed by atoms with Gasteiger partial charge in [0.25, 0.3) is 5.79 Å². The van der Waals surface area contributed by atoms with Crippen LogP contribution in [0, 0.1) is 0 Å². The van der Waals surface area contributed by atoms with Crippen molar-refractivity contribution >= 4 is 17.7 Å². The van der Waals surface area contributed by atoms with Gasteiger partial charge >= 0.3 is 6.09 Å². The number of hydrogen-bond donors (Lipinski definition) is 0. The minimum atomic E-state index is -1.02. The van der Waals surface area contributed by atoms with Crippen molar-refractivity contribution in [2.45, 2.75) is 51.4 Å². The van der Waals surface area contributed by atoms with Crippen LogP contribution in [-0.4, -0.2) is 28.1 Å². The summed E-state index contributed by atoms with van der Waals surface area (Å²) < 4.78 is 17.9. The molecule has 0 spiro atoms. The van der Waals surface area contributed by atoms with Crippen molar-refractivity contribution in [2.24, 2.45) is 0 Å². The van der Waals surface area contributed by atoms with Crippen LogP contribution in [0.3, 0.4) is 0 Å². The summed E-state index contributed by atoms with van der Waals surface area (Å²) in [5.74, 6) is 0.457. The summed E-state index contributed by atoms with van der Waals surface area (Å²) in [6.07, 6.45) is 5.79. The fourth-order valence-electron chi connectivity index (χ4n) is 3.58. The molecular formula is C23H25ClN2O4. The highest BCUT2D eigenvalue weighted by molar-refractivity contribution is 6.30. The van der Waals surface area contributed by atoms with Crippen molar-refractivity contribution in [3.8, 4) is 11.5 Å². The zero-order valence-corrected chi connectivity index (χ0v) is 18.3. The zero-order valence-electron chi connectivity index (χ0n) is 17.5. The molecule has 1 aromatic heterocycles. The Morgan fingerprint density at radius 3 is 2.70 bits per heavy atom. The SMILES string of the molecule is CC(C)(C)OC(=O)N1C=CC(c2cccc3c2O[C@@](C)(c2ccc(Cl)cn2)O3)CC1. The van der Waals surface area contributed by atoms with Crippen molar-refractivity contribution in [1.29, 1.82) is 0 Å². The zero-order chi connectivity index (χ0) is 21.5. The first kappa shape index (κ1) is 20.5. The number of para-hydroxylation sites is 1. The van der Waals surface area contributed by atoms with Crippen LogP contribution >= 0.6 is 11.6 Å². The van der Waals surface area contributed by atoms with Crippen molar-refractivity contribution < 1.29 is 19.0 Å². The van der Waals surface area contributed by atoms with E-state index in [0.29, 0.717) is 28.8 Å². The Labute approximate surface area is 181 Å². The molecule has 30 heavy (non-hydrogen) atoms. The van der Waals surface area contributed by atoms with E-state index in [2.05, 4.69) is 4.98 Å². The Morgan fingerprint density at radius 2 is 2.07 bits per heavy atom. The molecule has 1 unspecified atom stereocenters. The van der Waals surface area contributed by atoms with Crippen LogP contribution in [0.4, 0.5) is 4.79 Å². The van der Waals surface area contributed by atoms with Crippen LogP contribution < -0.4 is 9.47 Å². The molecule has 158 valence electrons. The molecule has 6 nitrogen and oxygen atoms in total. The Bertz CT molecular complexity index is 984. The number of pyridine rings is 1. The van der Waals surface area contributed by atoms with E-state index in [1.54, 1.807) is 29.4 Å². The molecule has 0 bridgehead atoms. The Hall–Kier alpha value is -2.73. The summed E-state index contributed by atoms with van der Waals surface area (Å²) in [6, 6.07) is 9.43. The quantitative estimate of drug-likeness (QED) is 0.621. The minimum absolute atomic E-state index is 0.0998.